The van der Waals surface area contributed by atoms with Gasteiger partial charge in [0.1, 0.15) is 19.3 Å². The predicted octanol–water partition coefficient (Wildman–Crippen LogP) is 24.1. The van der Waals surface area contributed by atoms with Crippen molar-refractivity contribution in [3.05, 3.63) is 194 Å². The number of carbonyl (C=O) groups is 4. The zero-order valence-electron chi connectivity index (χ0n) is 66.7. The number of rotatable bonds is 74. The van der Waals surface area contributed by atoms with Crippen LogP contribution in [0.1, 0.15) is 285 Å². The summed E-state index contributed by atoms with van der Waals surface area (Å²) in [5, 5.41) is 10.7. The third kappa shape index (κ3) is 78.0. The normalized spacial score (nSPS) is 14.8. The third-order valence-corrected chi connectivity index (χ3v) is 17.9. The van der Waals surface area contributed by atoms with E-state index in [1.807, 2.05) is 0 Å². The van der Waals surface area contributed by atoms with E-state index >= 15 is 0 Å². The van der Waals surface area contributed by atoms with E-state index in [2.05, 4.69) is 222 Å². The molecule has 0 heterocycles. The highest BCUT2D eigenvalue weighted by atomic mass is 31.2. The van der Waals surface area contributed by atoms with Gasteiger partial charge in [-0.25, -0.2) is 9.13 Å². The molecule has 0 aromatic rings. The number of phosphoric acid groups is 2. The molecule has 0 aromatic carbocycles. The summed E-state index contributed by atoms with van der Waals surface area (Å²) in [4.78, 5) is 73.1. The first-order valence-electron chi connectivity index (χ1n) is 40.7. The Kier molecular flexibility index (Phi) is 74.5. The van der Waals surface area contributed by atoms with E-state index in [4.69, 9.17) is 37.0 Å². The van der Waals surface area contributed by atoms with Crippen molar-refractivity contribution in [2.24, 2.45) is 0 Å². The van der Waals surface area contributed by atoms with Gasteiger partial charge in [-0.3, -0.25) is 37.3 Å². The van der Waals surface area contributed by atoms with E-state index < -0.39 is 97.5 Å². The van der Waals surface area contributed by atoms with Gasteiger partial charge in [-0.05, 0) is 180 Å². The van der Waals surface area contributed by atoms with E-state index in [0.717, 1.165) is 205 Å². The zero-order valence-corrected chi connectivity index (χ0v) is 68.5. The SMILES string of the molecule is CC/C=C\C/C=C\C/C=C\C/C=C\C/C=C\CCCCCC(=O)OCC(COP(=O)(O)OCC(O)COP(=O)(O)OCC(COC(=O)CCCCCC/C=C\C/C=C\C/C=C\C/C=C\CC)OC(=O)CCCCCCC/C=C\C/C=C\CCC)OC(=O)CCCCC/C=C\C/C=C\C/C=C\C/C=C\C/C=C\CC. The van der Waals surface area contributed by atoms with Gasteiger partial charge in [0.25, 0.3) is 0 Å². The second kappa shape index (κ2) is 79.0. The van der Waals surface area contributed by atoms with Crippen LogP contribution in [0.5, 0.6) is 0 Å². The number of aliphatic hydroxyl groups excluding tert-OH is 1. The summed E-state index contributed by atoms with van der Waals surface area (Å²) in [5.41, 5.74) is 0. The zero-order chi connectivity index (χ0) is 78.9. The van der Waals surface area contributed by atoms with E-state index in [-0.39, 0.29) is 25.7 Å². The summed E-state index contributed by atoms with van der Waals surface area (Å²) in [6, 6.07) is 0. The summed E-state index contributed by atoms with van der Waals surface area (Å²) >= 11 is 0. The lowest BCUT2D eigenvalue weighted by atomic mass is 10.1. The lowest BCUT2D eigenvalue weighted by molar-refractivity contribution is -0.161. The summed E-state index contributed by atoms with van der Waals surface area (Å²) < 4.78 is 68.6. The second-order valence-electron chi connectivity index (χ2n) is 26.2. The van der Waals surface area contributed by atoms with Crippen LogP contribution in [0.2, 0.25) is 0 Å². The van der Waals surface area contributed by atoms with Gasteiger partial charge in [0.2, 0.25) is 0 Å². The van der Waals surface area contributed by atoms with E-state index in [9.17, 15) is 43.2 Å². The van der Waals surface area contributed by atoms with Gasteiger partial charge < -0.3 is 33.8 Å². The first kappa shape index (κ1) is 102. The fraction of sp³-hybridized carbons (Fsp3) is 0.596. The maximum Gasteiger partial charge on any atom is 0.472 e. The molecule has 5 atom stereocenters. The van der Waals surface area contributed by atoms with E-state index in [1.165, 1.54) is 0 Å². The van der Waals surface area contributed by atoms with Gasteiger partial charge in [0.05, 0.1) is 26.4 Å². The first-order chi connectivity index (χ1) is 52.7. The highest BCUT2D eigenvalue weighted by Crippen LogP contribution is 2.45. The highest BCUT2D eigenvalue weighted by Gasteiger charge is 2.30. The summed E-state index contributed by atoms with van der Waals surface area (Å²) in [6.45, 7) is 4.33. The minimum Gasteiger partial charge on any atom is -0.462 e. The number of esters is 4. The topological polar surface area (TPSA) is 237 Å². The minimum absolute atomic E-state index is 0.0391. The molecule has 0 aliphatic carbocycles. The monoisotopic (exact) mass is 1540 g/mol. The molecule has 5 unspecified atom stereocenters. The molecule has 0 saturated heterocycles. The Hall–Kier alpha value is -6.10. The Morgan fingerprint density at radius 3 is 0.750 bits per heavy atom. The van der Waals surface area contributed by atoms with Crippen molar-refractivity contribution < 1.29 is 80.2 Å². The summed E-state index contributed by atoms with van der Waals surface area (Å²) in [5.74, 6) is -2.31. The number of hydrogen-bond acceptors (Lipinski definition) is 15. The minimum atomic E-state index is -5.01. The second-order valence-corrected chi connectivity index (χ2v) is 29.1. The van der Waals surface area contributed by atoms with Crippen molar-refractivity contribution in [3.63, 3.8) is 0 Å². The predicted molar refractivity (Wildman–Crippen MR) is 445 cm³/mol. The molecule has 0 fully saturated rings. The highest BCUT2D eigenvalue weighted by molar-refractivity contribution is 7.47. The van der Waals surface area contributed by atoms with Crippen molar-refractivity contribution in [1.29, 1.82) is 0 Å². The molecule has 0 radical (unpaired) electrons. The van der Waals surface area contributed by atoms with Crippen molar-refractivity contribution in [2.45, 2.75) is 303 Å². The van der Waals surface area contributed by atoms with E-state index in [1.54, 1.807) is 0 Å². The molecule has 0 aliphatic rings. The molecular weight excluding hydrogens is 1400 g/mol. The third-order valence-electron chi connectivity index (χ3n) is 16.0. The van der Waals surface area contributed by atoms with Gasteiger partial charge in [-0.15, -0.1) is 0 Å². The maximum atomic E-state index is 13.1. The number of ether oxygens (including phenoxy) is 4. The molecule has 0 bridgehead atoms. The Morgan fingerprint density at radius 1 is 0.269 bits per heavy atom. The average molecular weight is 1550 g/mol. The van der Waals surface area contributed by atoms with Crippen LogP contribution in [0, 0.1) is 0 Å². The van der Waals surface area contributed by atoms with Crippen LogP contribution in [-0.4, -0.2) is 96.7 Å². The van der Waals surface area contributed by atoms with Crippen LogP contribution in [0.25, 0.3) is 0 Å². The first-order valence-corrected chi connectivity index (χ1v) is 43.7. The molecule has 0 saturated carbocycles. The van der Waals surface area contributed by atoms with Gasteiger partial charge in [-0.2, -0.15) is 0 Å². The Labute approximate surface area is 653 Å². The molecule has 610 valence electrons. The number of unbranched alkanes of at least 4 members (excludes halogenated alkanes) is 16. The van der Waals surface area contributed by atoms with Crippen molar-refractivity contribution >= 4 is 39.5 Å². The molecule has 0 spiro atoms. The molecule has 0 aromatic heterocycles. The maximum absolute atomic E-state index is 13.1. The standard InChI is InChI=1S/C89H142O17P2/c1-5-9-13-17-21-25-29-33-36-39-41-44-47-51-54-58-62-66-70-74-87(92)100-80-85(106-89(94)76-72-68-64-60-56-52-48-45-42-40-37-34-30-26-22-18-14-10-6-2)82-104-108(97,98)102-78-83(90)77-101-107(95,96)103-81-84(105-88(93)75-71-67-63-59-55-49-32-28-24-20-16-12-8-4)79-99-86(91)73-69-65-61-57-53-50-46-43-38-35-31-27-23-19-15-11-7-3/h9-11,13-16,20-23,25-28,32-38,41-42,44-46,50-52,54,56,83-85,90H,5-8,12,17-19,24,29-31,39-40,43,47-49,53,55,57-82H2,1-4H3,(H,95,96)(H,97,98)/b13-9-,14-10-,15-11-,20-16-,25-21-,26-22-,27-23-,32-28-,36-33-,37-34-,38-35-,44-41-,45-42-,50-46-,54-51-,56-52-. The lowest BCUT2D eigenvalue weighted by Crippen LogP contribution is -2.30. The van der Waals surface area contributed by atoms with Crippen LogP contribution in [-0.2, 0) is 65.4 Å². The fourth-order valence-corrected chi connectivity index (χ4v) is 11.5. The van der Waals surface area contributed by atoms with E-state index in [0.29, 0.717) is 25.7 Å². The van der Waals surface area contributed by atoms with Crippen LogP contribution in [0.15, 0.2) is 194 Å². The smallest absolute Gasteiger partial charge is 0.462 e. The molecule has 0 amide bonds. The molecule has 19 heteroatoms. The lowest BCUT2D eigenvalue weighted by Gasteiger charge is -2.21. The Bertz CT molecular complexity index is 2810. The quantitative estimate of drug-likeness (QED) is 0.0169. The Balaban J connectivity index is 5.49. The summed E-state index contributed by atoms with van der Waals surface area (Å²) in [7, 11) is -10.0. The number of hydrogen-bond donors (Lipinski definition) is 3. The van der Waals surface area contributed by atoms with Crippen molar-refractivity contribution in [1.82, 2.24) is 0 Å². The molecule has 0 rings (SSSR count). The van der Waals surface area contributed by atoms with Crippen LogP contribution < -0.4 is 0 Å². The number of aliphatic hydroxyl groups is 1. The molecule has 0 aliphatic heterocycles. The van der Waals surface area contributed by atoms with Crippen molar-refractivity contribution in [3.8, 4) is 0 Å². The summed E-state index contributed by atoms with van der Waals surface area (Å²) in [6.07, 6.45) is 96.9. The van der Waals surface area contributed by atoms with Crippen LogP contribution in [0.3, 0.4) is 0 Å². The van der Waals surface area contributed by atoms with Gasteiger partial charge in [-0.1, -0.05) is 273 Å². The van der Waals surface area contributed by atoms with Gasteiger partial charge in [0, 0.05) is 25.7 Å². The number of phosphoric ester groups is 2. The van der Waals surface area contributed by atoms with Crippen molar-refractivity contribution in [2.75, 3.05) is 39.6 Å². The molecule has 17 nitrogen and oxygen atoms in total. The molecule has 108 heavy (non-hydrogen) atoms. The van der Waals surface area contributed by atoms with Gasteiger partial charge >= 0.3 is 39.5 Å². The molecular formula is C89H142O17P2. The Morgan fingerprint density at radius 2 is 0.481 bits per heavy atom. The average Bonchev–Trinajstić information content (AvgIpc) is 0.892. The number of carbonyl (C=O) groups excluding carboxylic acids is 4. The van der Waals surface area contributed by atoms with Crippen LogP contribution >= 0.6 is 15.6 Å². The van der Waals surface area contributed by atoms with Crippen LogP contribution in [0.4, 0.5) is 0 Å². The molecule has 3 N–H and O–H groups in total. The number of allylic oxidation sites excluding steroid dienone is 32. The van der Waals surface area contributed by atoms with Gasteiger partial charge in [0.15, 0.2) is 12.2 Å². The largest absolute Gasteiger partial charge is 0.472 e. The fourth-order valence-electron chi connectivity index (χ4n) is 9.95.